The van der Waals surface area contributed by atoms with Crippen LogP contribution in [0.1, 0.15) is 17.8 Å². The van der Waals surface area contributed by atoms with Gasteiger partial charge in [-0.25, -0.2) is 9.37 Å². The Morgan fingerprint density at radius 2 is 2.21 bits per heavy atom. The van der Waals surface area contributed by atoms with E-state index in [2.05, 4.69) is 20.0 Å². The first-order chi connectivity index (χ1) is 11.6. The van der Waals surface area contributed by atoms with Gasteiger partial charge in [-0.05, 0) is 13.0 Å². The standard InChI is InChI=1S/C15H17ClFN5O2/c1-9-19-15(24-20-9)13-8-23-3-2-22(13)11-6-21(7-11)14-12(17)4-10(16)5-18-14/h4-5,11,13H,2-3,6-8H2,1H3. The van der Waals surface area contributed by atoms with Crippen molar-refractivity contribution in [1.82, 2.24) is 20.0 Å². The van der Waals surface area contributed by atoms with Crippen molar-refractivity contribution in [2.45, 2.75) is 19.0 Å². The number of morpholine rings is 1. The monoisotopic (exact) mass is 353 g/mol. The molecule has 7 nitrogen and oxygen atoms in total. The van der Waals surface area contributed by atoms with E-state index in [0.29, 0.717) is 48.9 Å². The van der Waals surface area contributed by atoms with E-state index in [9.17, 15) is 4.39 Å². The normalized spacial score (nSPS) is 22.6. The van der Waals surface area contributed by atoms with E-state index in [0.717, 1.165) is 6.54 Å². The summed E-state index contributed by atoms with van der Waals surface area (Å²) in [5, 5.41) is 4.16. The van der Waals surface area contributed by atoms with Gasteiger partial charge >= 0.3 is 0 Å². The number of ether oxygens (including phenoxy) is 1. The van der Waals surface area contributed by atoms with Crippen LogP contribution in [0, 0.1) is 12.7 Å². The molecule has 1 unspecified atom stereocenters. The van der Waals surface area contributed by atoms with Gasteiger partial charge < -0.3 is 14.2 Å². The fourth-order valence-electron chi connectivity index (χ4n) is 3.19. The molecule has 0 aliphatic carbocycles. The van der Waals surface area contributed by atoms with Gasteiger partial charge in [-0.2, -0.15) is 4.98 Å². The summed E-state index contributed by atoms with van der Waals surface area (Å²) in [5.41, 5.74) is 0. The van der Waals surface area contributed by atoms with Crippen molar-refractivity contribution in [1.29, 1.82) is 0 Å². The van der Waals surface area contributed by atoms with Crippen LogP contribution < -0.4 is 4.90 Å². The number of anilines is 1. The molecule has 2 aliphatic heterocycles. The van der Waals surface area contributed by atoms with E-state index in [1.54, 1.807) is 6.92 Å². The molecule has 0 N–H and O–H groups in total. The van der Waals surface area contributed by atoms with E-state index >= 15 is 0 Å². The minimum Gasteiger partial charge on any atom is -0.378 e. The van der Waals surface area contributed by atoms with Crippen molar-refractivity contribution in [3.63, 3.8) is 0 Å². The van der Waals surface area contributed by atoms with Crippen LogP contribution in [0.4, 0.5) is 10.2 Å². The maximum absolute atomic E-state index is 14.0. The maximum atomic E-state index is 14.0. The fourth-order valence-corrected chi connectivity index (χ4v) is 3.34. The van der Waals surface area contributed by atoms with E-state index in [4.69, 9.17) is 20.9 Å². The third-order valence-electron chi connectivity index (χ3n) is 4.42. The summed E-state index contributed by atoms with van der Waals surface area (Å²) in [4.78, 5) is 12.6. The lowest BCUT2D eigenvalue weighted by Crippen LogP contribution is -2.62. The molecule has 2 aromatic rings. The van der Waals surface area contributed by atoms with E-state index in [-0.39, 0.29) is 12.1 Å². The second-order valence-corrected chi connectivity index (χ2v) is 6.46. The van der Waals surface area contributed by atoms with Crippen molar-refractivity contribution < 1.29 is 13.7 Å². The summed E-state index contributed by atoms with van der Waals surface area (Å²) in [6, 6.07) is 1.49. The van der Waals surface area contributed by atoms with Gasteiger partial charge in [-0.3, -0.25) is 4.90 Å². The van der Waals surface area contributed by atoms with Gasteiger partial charge in [0.2, 0.25) is 5.89 Å². The van der Waals surface area contributed by atoms with E-state index in [1.165, 1.54) is 12.3 Å². The predicted molar refractivity (Wildman–Crippen MR) is 84.5 cm³/mol. The van der Waals surface area contributed by atoms with Crippen molar-refractivity contribution in [3.8, 4) is 0 Å². The van der Waals surface area contributed by atoms with Crippen LogP contribution in [-0.2, 0) is 4.74 Å². The van der Waals surface area contributed by atoms with Gasteiger partial charge in [-0.15, -0.1) is 0 Å². The van der Waals surface area contributed by atoms with Gasteiger partial charge in [0, 0.05) is 31.9 Å². The summed E-state index contributed by atoms with van der Waals surface area (Å²) in [7, 11) is 0. The zero-order valence-corrected chi connectivity index (χ0v) is 13.9. The van der Waals surface area contributed by atoms with Crippen LogP contribution in [0.15, 0.2) is 16.8 Å². The molecular weight excluding hydrogens is 337 g/mol. The third-order valence-corrected chi connectivity index (χ3v) is 4.62. The van der Waals surface area contributed by atoms with Crippen LogP contribution in [0.2, 0.25) is 5.02 Å². The van der Waals surface area contributed by atoms with Crippen LogP contribution in [-0.4, -0.2) is 58.9 Å². The molecule has 0 aromatic carbocycles. The lowest BCUT2D eigenvalue weighted by Gasteiger charge is -2.49. The molecule has 2 saturated heterocycles. The van der Waals surface area contributed by atoms with Gasteiger partial charge in [0.1, 0.15) is 6.04 Å². The van der Waals surface area contributed by atoms with Crippen molar-refractivity contribution in [2.24, 2.45) is 0 Å². The zero-order chi connectivity index (χ0) is 16.7. The van der Waals surface area contributed by atoms with E-state index < -0.39 is 5.82 Å². The van der Waals surface area contributed by atoms with Crippen LogP contribution >= 0.6 is 11.6 Å². The van der Waals surface area contributed by atoms with Crippen LogP contribution in [0.25, 0.3) is 0 Å². The first kappa shape index (κ1) is 15.7. The Bertz CT molecular complexity index is 736. The number of hydrogen-bond donors (Lipinski definition) is 0. The lowest BCUT2D eigenvalue weighted by atomic mass is 10.0. The number of aryl methyl sites for hydroxylation is 1. The molecule has 0 saturated carbocycles. The Kier molecular flexibility index (Phi) is 4.11. The molecule has 128 valence electrons. The molecular formula is C15H17ClFN5O2. The number of nitrogens with zero attached hydrogens (tertiary/aromatic N) is 5. The average Bonchev–Trinajstić information content (AvgIpc) is 2.95. The Morgan fingerprint density at radius 3 is 2.92 bits per heavy atom. The molecule has 0 amide bonds. The minimum absolute atomic E-state index is 0.0601. The highest BCUT2D eigenvalue weighted by atomic mass is 35.5. The predicted octanol–water partition coefficient (Wildman–Crippen LogP) is 1.83. The van der Waals surface area contributed by atoms with Gasteiger partial charge in [-0.1, -0.05) is 16.8 Å². The summed E-state index contributed by atoms with van der Waals surface area (Å²) in [6.07, 6.45) is 1.46. The highest BCUT2D eigenvalue weighted by molar-refractivity contribution is 6.30. The minimum atomic E-state index is -0.396. The summed E-state index contributed by atoms with van der Waals surface area (Å²) in [5.74, 6) is 1.13. The van der Waals surface area contributed by atoms with Gasteiger partial charge in [0.15, 0.2) is 17.5 Å². The van der Waals surface area contributed by atoms with Crippen LogP contribution in [0.5, 0.6) is 0 Å². The molecule has 0 radical (unpaired) electrons. The number of hydrogen-bond acceptors (Lipinski definition) is 7. The van der Waals surface area contributed by atoms with Gasteiger partial charge in [0.05, 0.1) is 18.2 Å². The molecule has 0 spiro atoms. The van der Waals surface area contributed by atoms with Crippen molar-refractivity contribution >= 4 is 17.4 Å². The lowest BCUT2D eigenvalue weighted by molar-refractivity contribution is -0.0463. The topological polar surface area (TPSA) is 67.5 Å². The average molecular weight is 354 g/mol. The summed E-state index contributed by atoms with van der Waals surface area (Å²) in [6.45, 7) is 5.13. The van der Waals surface area contributed by atoms with Crippen molar-refractivity contribution in [3.05, 3.63) is 34.8 Å². The first-order valence-corrected chi connectivity index (χ1v) is 8.19. The Morgan fingerprint density at radius 1 is 1.38 bits per heavy atom. The zero-order valence-electron chi connectivity index (χ0n) is 13.2. The fraction of sp³-hybridized carbons (Fsp3) is 0.533. The third kappa shape index (κ3) is 2.85. The first-order valence-electron chi connectivity index (χ1n) is 7.81. The molecule has 1 atom stereocenters. The maximum Gasteiger partial charge on any atom is 0.246 e. The highest BCUT2D eigenvalue weighted by Gasteiger charge is 2.40. The van der Waals surface area contributed by atoms with Crippen molar-refractivity contribution in [2.75, 3.05) is 37.7 Å². The molecule has 4 heterocycles. The quantitative estimate of drug-likeness (QED) is 0.833. The Hall–Kier alpha value is -1.77. The largest absolute Gasteiger partial charge is 0.378 e. The summed E-state index contributed by atoms with van der Waals surface area (Å²) >= 11 is 5.76. The second-order valence-electron chi connectivity index (χ2n) is 6.03. The number of rotatable bonds is 3. The second kappa shape index (κ2) is 6.27. The highest BCUT2D eigenvalue weighted by Crippen LogP contribution is 2.31. The molecule has 4 rings (SSSR count). The Balaban J connectivity index is 1.46. The number of pyridine rings is 1. The molecule has 0 bridgehead atoms. The van der Waals surface area contributed by atoms with E-state index in [1.807, 2.05) is 4.90 Å². The summed E-state index contributed by atoms with van der Waals surface area (Å²) < 4.78 is 24.9. The Labute approximate surface area is 143 Å². The number of halogens is 2. The van der Waals surface area contributed by atoms with Gasteiger partial charge in [0.25, 0.3) is 0 Å². The molecule has 24 heavy (non-hydrogen) atoms. The number of aromatic nitrogens is 3. The molecule has 2 fully saturated rings. The molecule has 9 heteroatoms. The van der Waals surface area contributed by atoms with Crippen LogP contribution in [0.3, 0.4) is 0 Å². The smallest absolute Gasteiger partial charge is 0.246 e. The SMILES string of the molecule is Cc1noc(C2COCCN2C2CN(c3ncc(Cl)cc3F)C2)n1. The molecule has 2 aliphatic rings. The molecule has 2 aromatic heterocycles.